The molecule has 1 fully saturated rings. The number of benzene rings is 2. The Morgan fingerprint density at radius 2 is 1.72 bits per heavy atom. The first-order valence-corrected chi connectivity index (χ1v) is 9.44. The average molecular weight is 413 g/mol. The zero-order chi connectivity index (χ0) is 21.2. The highest BCUT2D eigenvalue weighted by molar-refractivity contribution is 7.80. The normalized spacial score (nSPS) is 23.5. The van der Waals surface area contributed by atoms with Gasteiger partial charge in [0.1, 0.15) is 5.92 Å². The number of ketones is 1. The highest BCUT2D eigenvalue weighted by Crippen LogP contribution is 2.36. The van der Waals surface area contributed by atoms with E-state index < -0.39 is 29.4 Å². The Balaban J connectivity index is 2.11. The molecule has 0 saturated carbocycles. The van der Waals surface area contributed by atoms with Crippen molar-refractivity contribution in [3.8, 4) is 0 Å². The number of hydrogen-bond acceptors (Lipinski definition) is 6. The topological polar surface area (TPSA) is 90.9 Å². The molecule has 8 heteroatoms. The van der Waals surface area contributed by atoms with E-state index in [1.807, 2.05) is 43.3 Å². The molecule has 7 nitrogen and oxygen atoms in total. The fourth-order valence-corrected chi connectivity index (χ4v) is 3.75. The summed E-state index contributed by atoms with van der Waals surface area (Å²) < 4.78 is 4.79. The first kappa shape index (κ1) is 20.8. The number of carbonyl (C=O) groups excluding carboxylic acids is 2. The van der Waals surface area contributed by atoms with E-state index in [-0.39, 0.29) is 5.11 Å². The van der Waals surface area contributed by atoms with Crippen LogP contribution in [0.2, 0.25) is 0 Å². The van der Waals surface area contributed by atoms with Crippen LogP contribution in [0.4, 0.5) is 5.69 Å². The summed E-state index contributed by atoms with van der Waals surface area (Å²) in [6.45, 7) is 0. The van der Waals surface area contributed by atoms with Gasteiger partial charge in [-0.2, -0.15) is 0 Å². The Bertz CT molecular complexity index is 917. The van der Waals surface area contributed by atoms with Crippen molar-refractivity contribution in [1.29, 1.82) is 0 Å². The van der Waals surface area contributed by atoms with Crippen LogP contribution < -0.4 is 15.5 Å². The fourth-order valence-electron chi connectivity index (χ4n) is 3.46. The van der Waals surface area contributed by atoms with Crippen LogP contribution in [0.1, 0.15) is 22.0 Å². The summed E-state index contributed by atoms with van der Waals surface area (Å²) in [5, 5.41) is 16.9. The summed E-state index contributed by atoms with van der Waals surface area (Å²) in [5.74, 6) is -2.61. The van der Waals surface area contributed by atoms with Gasteiger partial charge in [0.05, 0.1) is 13.2 Å². The third-order valence-corrected chi connectivity index (χ3v) is 5.20. The number of ether oxygens (including phenoxy) is 1. The molecule has 1 aliphatic rings. The Labute approximate surface area is 174 Å². The Kier molecular flexibility index (Phi) is 5.86. The number of thiocarbonyl (C=S) groups is 1. The molecule has 3 rings (SSSR count). The molecular formula is C21H23N3O4S. The van der Waals surface area contributed by atoms with Gasteiger partial charge in [0.15, 0.2) is 10.9 Å². The number of Topliss-reactive ketones (excluding diaryl/α,β-unsaturated/α-hetero) is 1. The predicted octanol–water partition coefficient (Wildman–Crippen LogP) is 1.63. The molecule has 0 bridgehead atoms. The van der Waals surface area contributed by atoms with Gasteiger partial charge in [-0.1, -0.05) is 42.5 Å². The second kappa shape index (κ2) is 8.18. The first-order chi connectivity index (χ1) is 13.8. The van der Waals surface area contributed by atoms with Crippen molar-refractivity contribution in [2.24, 2.45) is 5.92 Å². The van der Waals surface area contributed by atoms with Crippen LogP contribution in [0.25, 0.3) is 0 Å². The van der Waals surface area contributed by atoms with Crippen molar-refractivity contribution in [3.63, 3.8) is 0 Å². The van der Waals surface area contributed by atoms with Crippen molar-refractivity contribution in [2.75, 3.05) is 26.1 Å². The molecule has 1 saturated heterocycles. The Morgan fingerprint density at radius 3 is 2.28 bits per heavy atom. The van der Waals surface area contributed by atoms with Crippen LogP contribution in [0.5, 0.6) is 0 Å². The van der Waals surface area contributed by atoms with Gasteiger partial charge in [-0.25, -0.2) is 4.79 Å². The zero-order valence-corrected chi connectivity index (χ0v) is 17.2. The van der Waals surface area contributed by atoms with Crippen molar-refractivity contribution in [3.05, 3.63) is 65.7 Å². The molecular weight excluding hydrogens is 390 g/mol. The molecule has 0 aromatic heterocycles. The largest absolute Gasteiger partial charge is 0.465 e. The van der Waals surface area contributed by atoms with Crippen LogP contribution in [0.15, 0.2) is 54.6 Å². The molecule has 1 aliphatic heterocycles. The maximum Gasteiger partial charge on any atom is 0.360 e. The molecule has 1 heterocycles. The molecule has 2 aromatic carbocycles. The lowest BCUT2D eigenvalue weighted by Gasteiger charge is -2.43. The lowest BCUT2D eigenvalue weighted by molar-refractivity contribution is -0.171. The van der Waals surface area contributed by atoms with Crippen molar-refractivity contribution in [2.45, 2.75) is 11.8 Å². The van der Waals surface area contributed by atoms with Crippen LogP contribution >= 0.6 is 12.2 Å². The zero-order valence-electron chi connectivity index (χ0n) is 16.4. The van der Waals surface area contributed by atoms with Crippen LogP contribution in [0, 0.1) is 5.92 Å². The van der Waals surface area contributed by atoms with E-state index in [0.717, 1.165) is 12.8 Å². The second-order valence-corrected chi connectivity index (χ2v) is 7.44. The van der Waals surface area contributed by atoms with Crippen molar-refractivity contribution < 1.29 is 19.4 Å². The number of nitrogens with zero attached hydrogens (tertiary/aromatic N) is 1. The average Bonchev–Trinajstić information content (AvgIpc) is 2.72. The minimum Gasteiger partial charge on any atom is -0.465 e. The third-order valence-electron chi connectivity index (χ3n) is 4.98. The fraction of sp³-hybridized carbons (Fsp3) is 0.286. The highest BCUT2D eigenvalue weighted by Gasteiger charge is 2.56. The molecule has 0 radical (unpaired) electrons. The van der Waals surface area contributed by atoms with E-state index >= 15 is 0 Å². The van der Waals surface area contributed by atoms with Crippen molar-refractivity contribution >= 4 is 34.8 Å². The molecule has 3 unspecified atom stereocenters. The van der Waals surface area contributed by atoms with Gasteiger partial charge >= 0.3 is 5.97 Å². The number of anilines is 1. The molecule has 0 spiro atoms. The molecule has 3 atom stereocenters. The molecule has 0 aliphatic carbocycles. The molecule has 29 heavy (non-hydrogen) atoms. The SMILES string of the molecule is COC(=O)C1(O)NC(=S)NC(c2ccc(N(C)C)cc2)C1C(=O)c1ccccc1. The van der Waals surface area contributed by atoms with Crippen LogP contribution in [-0.2, 0) is 9.53 Å². The summed E-state index contributed by atoms with van der Waals surface area (Å²) >= 11 is 5.21. The standard InChI is InChI=1S/C21H23N3O4S/c1-24(2)15-11-9-13(10-12-15)17-16(18(25)14-7-5-4-6-8-14)21(27,19(26)28-3)23-20(29)22-17/h4-12,16-17,27H,1-3H3,(H2,22,23,29). The Morgan fingerprint density at radius 1 is 1.10 bits per heavy atom. The lowest BCUT2D eigenvalue weighted by atomic mass is 9.77. The van der Waals surface area contributed by atoms with Gasteiger partial charge in [-0.15, -0.1) is 0 Å². The summed E-state index contributed by atoms with van der Waals surface area (Å²) in [7, 11) is 4.99. The minimum atomic E-state index is -2.31. The number of nitrogens with one attached hydrogen (secondary N) is 2. The van der Waals surface area contributed by atoms with E-state index in [1.165, 1.54) is 0 Å². The first-order valence-electron chi connectivity index (χ1n) is 9.04. The van der Waals surface area contributed by atoms with Gasteiger partial charge in [-0.3, -0.25) is 4.79 Å². The van der Waals surface area contributed by atoms with E-state index in [0.29, 0.717) is 11.1 Å². The molecule has 3 N–H and O–H groups in total. The molecule has 0 amide bonds. The summed E-state index contributed by atoms with van der Waals surface area (Å²) in [6, 6.07) is 15.2. The van der Waals surface area contributed by atoms with Crippen LogP contribution in [-0.4, -0.2) is 48.9 Å². The van der Waals surface area contributed by atoms with Gasteiger partial charge < -0.3 is 25.4 Å². The van der Waals surface area contributed by atoms with Gasteiger partial charge in [0.2, 0.25) is 0 Å². The third kappa shape index (κ3) is 3.94. The minimum absolute atomic E-state index is 0.0525. The van der Waals surface area contributed by atoms with E-state index in [4.69, 9.17) is 17.0 Å². The molecule has 152 valence electrons. The quantitative estimate of drug-likeness (QED) is 0.387. The Hall–Kier alpha value is -2.97. The second-order valence-electron chi connectivity index (χ2n) is 7.03. The lowest BCUT2D eigenvalue weighted by Crippen LogP contribution is -2.70. The maximum atomic E-state index is 13.4. The monoisotopic (exact) mass is 413 g/mol. The smallest absolute Gasteiger partial charge is 0.360 e. The predicted molar refractivity (Wildman–Crippen MR) is 114 cm³/mol. The number of hydrogen-bond donors (Lipinski definition) is 3. The summed E-state index contributed by atoms with van der Waals surface area (Å²) in [5.41, 5.74) is -0.267. The van der Waals surface area contributed by atoms with E-state index in [9.17, 15) is 14.7 Å². The van der Waals surface area contributed by atoms with Gasteiger partial charge in [0.25, 0.3) is 5.72 Å². The van der Waals surface area contributed by atoms with Crippen molar-refractivity contribution in [1.82, 2.24) is 10.6 Å². The van der Waals surface area contributed by atoms with E-state index in [2.05, 4.69) is 10.6 Å². The number of carbonyl (C=O) groups is 2. The maximum absolute atomic E-state index is 13.4. The number of methoxy groups -OCH3 is 1. The summed E-state index contributed by atoms with van der Waals surface area (Å²) in [4.78, 5) is 27.9. The number of esters is 1. The summed E-state index contributed by atoms with van der Waals surface area (Å²) in [6.07, 6.45) is 0. The van der Waals surface area contributed by atoms with Gasteiger partial charge in [0, 0.05) is 25.3 Å². The van der Waals surface area contributed by atoms with Gasteiger partial charge in [-0.05, 0) is 29.9 Å². The number of aliphatic hydroxyl groups is 1. The molecule has 2 aromatic rings. The highest BCUT2D eigenvalue weighted by atomic mass is 32.1. The number of rotatable bonds is 5. The van der Waals surface area contributed by atoms with E-state index in [1.54, 1.807) is 30.3 Å². The van der Waals surface area contributed by atoms with Crippen LogP contribution in [0.3, 0.4) is 0 Å².